The molecule has 0 saturated heterocycles. The summed E-state index contributed by atoms with van der Waals surface area (Å²) in [6.07, 6.45) is -4.68. The van der Waals surface area contributed by atoms with E-state index in [4.69, 9.17) is 5.11 Å². The number of carbonyl (C=O) groups is 1. The van der Waals surface area contributed by atoms with Crippen LogP contribution in [0.4, 0.5) is 18.9 Å². The monoisotopic (exact) mass is 301 g/mol. The van der Waals surface area contributed by atoms with Crippen LogP contribution in [-0.4, -0.2) is 11.1 Å². The molecule has 1 aromatic heterocycles. The number of hydrogen-bond donors (Lipinski definition) is 2. The van der Waals surface area contributed by atoms with Crippen LogP contribution < -0.4 is 5.32 Å². The maximum Gasteiger partial charge on any atom is 0.417 e. The molecule has 0 saturated carbocycles. The van der Waals surface area contributed by atoms with Crippen molar-refractivity contribution < 1.29 is 23.1 Å². The third kappa shape index (κ3) is 3.30. The smallest absolute Gasteiger partial charge is 0.417 e. The number of halogens is 3. The van der Waals surface area contributed by atoms with E-state index in [1.54, 1.807) is 0 Å². The second kappa shape index (κ2) is 5.54. The molecule has 3 nitrogen and oxygen atoms in total. The number of anilines is 1. The van der Waals surface area contributed by atoms with E-state index in [1.165, 1.54) is 17.4 Å². The molecule has 0 atom stereocenters. The summed E-state index contributed by atoms with van der Waals surface area (Å²) in [5.74, 6) is -1.60. The van der Waals surface area contributed by atoms with Crippen LogP contribution in [0.2, 0.25) is 0 Å². The zero-order valence-electron chi connectivity index (χ0n) is 10.1. The molecule has 1 heterocycles. The molecule has 0 amide bonds. The van der Waals surface area contributed by atoms with Crippen LogP contribution in [0.15, 0.2) is 35.7 Å². The van der Waals surface area contributed by atoms with Crippen molar-refractivity contribution in [3.8, 4) is 0 Å². The number of benzene rings is 1. The van der Waals surface area contributed by atoms with Gasteiger partial charge in [-0.2, -0.15) is 13.2 Å². The van der Waals surface area contributed by atoms with Crippen LogP contribution >= 0.6 is 11.3 Å². The maximum absolute atomic E-state index is 12.7. The van der Waals surface area contributed by atoms with Crippen molar-refractivity contribution in [1.29, 1.82) is 0 Å². The third-order valence-electron chi connectivity index (χ3n) is 2.60. The van der Waals surface area contributed by atoms with Gasteiger partial charge in [0.15, 0.2) is 0 Å². The number of nitrogens with one attached hydrogen (secondary N) is 1. The van der Waals surface area contributed by atoms with E-state index in [-0.39, 0.29) is 0 Å². The lowest BCUT2D eigenvalue weighted by Crippen LogP contribution is -2.13. The Morgan fingerprint density at radius 3 is 2.60 bits per heavy atom. The first kappa shape index (κ1) is 14.4. The minimum absolute atomic E-state index is 0.337. The van der Waals surface area contributed by atoms with Gasteiger partial charge in [0.2, 0.25) is 0 Å². The van der Waals surface area contributed by atoms with Crippen molar-refractivity contribution in [3.63, 3.8) is 0 Å². The highest BCUT2D eigenvalue weighted by molar-refractivity contribution is 7.09. The van der Waals surface area contributed by atoms with Gasteiger partial charge < -0.3 is 10.4 Å². The van der Waals surface area contributed by atoms with Crippen LogP contribution in [0.25, 0.3) is 0 Å². The molecule has 0 aliphatic carbocycles. The largest absolute Gasteiger partial charge is 0.478 e. The molecule has 1 aromatic carbocycles. The Kier molecular flexibility index (Phi) is 3.99. The predicted molar refractivity (Wildman–Crippen MR) is 70.0 cm³/mol. The summed E-state index contributed by atoms with van der Waals surface area (Å²) in [6.45, 7) is 0.433. The Morgan fingerprint density at radius 2 is 2.05 bits per heavy atom. The van der Waals surface area contributed by atoms with Crippen molar-refractivity contribution >= 4 is 23.0 Å². The normalized spacial score (nSPS) is 11.3. The fraction of sp³-hybridized carbons (Fsp3) is 0.154. The molecule has 0 bridgehead atoms. The molecular formula is C13H10F3NO2S. The van der Waals surface area contributed by atoms with Crippen molar-refractivity contribution in [2.24, 2.45) is 0 Å². The molecule has 0 unspecified atom stereocenters. The summed E-state index contributed by atoms with van der Waals surface area (Å²) in [6, 6.07) is 6.73. The lowest BCUT2D eigenvalue weighted by molar-refractivity contribution is -0.138. The topological polar surface area (TPSA) is 49.3 Å². The second-order valence-corrected chi connectivity index (χ2v) is 5.03. The van der Waals surface area contributed by atoms with Gasteiger partial charge in [0.25, 0.3) is 0 Å². The van der Waals surface area contributed by atoms with E-state index < -0.39 is 23.3 Å². The van der Waals surface area contributed by atoms with E-state index in [2.05, 4.69) is 5.32 Å². The van der Waals surface area contributed by atoms with Crippen molar-refractivity contribution in [1.82, 2.24) is 0 Å². The van der Waals surface area contributed by atoms with E-state index in [0.717, 1.165) is 17.0 Å². The van der Waals surface area contributed by atoms with E-state index in [0.29, 0.717) is 12.2 Å². The van der Waals surface area contributed by atoms with E-state index in [1.807, 2.05) is 17.5 Å². The van der Waals surface area contributed by atoms with Crippen LogP contribution in [0.3, 0.4) is 0 Å². The van der Waals surface area contributed by atoms with Crippen LogP contribution in [0.5, 0.6) is 0 Å². The predicted octanol–water partition coefficient (Wildman–Crippen LogP) is 4.08. The fourth-order valence-electron chi connectivity index (χ4n) is 1.68. The number of carboxylic acids is 1. The van der Waals surface area contributed by atoms with Crippen molar-refractivity contribution in [2.75, 3.05) is 5.32 Å². The Hall–Kier alpha value is -2.02. The average molecular weight is 301 g/mol. The molecular weight excluding hydrogens is 291 g/mol. The molecule has 0 aliphatic heterocycles. The number of aromatic carboxylic acids is 1. The lowest BCUT2D eigenvalue weighted by atomic mass is 10.1. The first-order valence-electron chi connectivity index (χ1n) is 5.58. The van der Waals surface area contributed by atoms with Gasteiger partial charge in [-0.15, -0.1) is 11.3 Å². The van der Waals surface area contributed by atoms with E-state index >= 15 is 0 Å². The summed E-state index contributed by atoms with van der Waals surface area (Å²) >= 11 is 1.50. The van der Waals surface area contributed by atoms with Crippen LogP contribution in [0, 0.1) is 0 Å². The summed E-state index contributed by atoms with van der Waals surface area (Å²) in [4.78, 5) is 11.9. The number of thiophene rings is 1. The van der Waals surface area contributed by atoms with Gasteiger partial charge in [-0.1, -0.05) is 6.07 Å². The Morgan fingerprint density at radius 1 is 1.30 bits per heavy atom. The molecule has 0 aliphatic rings. The molecule has 2 aromatic rings. The van der Waals surface area contributed by atoms with Crippen molar-refractivity contribution in [2.45, 2.75) is 12.7 Å². The molecule has 2 rings (SSSR count). The highest BCUT2D eigenvalue weighted by Crippen LogP contribution is 2.33. The van der Waals surface area contributed by atoms with Gasteiger partial charge in [0, 0.05) is 17.1 Å². The summed E-state index contributed by atoms with van der Waals surface area (Å²) in [5.41, 5.74) is -1.57. The third-order valence-corrected chi connectivity index (χ3v) is 3.48. The molecule has 0 fully saturated rings. The van der Waals surface area contributed by atoms with Gasteiger partial charge in [-0.25, -0.2) is 4.79 Å². The number of carboxylic acid groups (broad SMARTS) is 1. The fourth-order valence-corrected chi connectivity index (χ4v) is 2.33. The quantitative estimate of drug-likeness (QED) is 0.894. The molecule has 20 heavy (non-hydrogen) atoms. The van der Waals surface area contributed by atoms with Gasteiger partial charge in [0.05, 0.1) is 11.1 Å². The SMILES string of the molecule is O=C(O)c1cc(NCc2cccs2)ccc1C(F)(F)F. The Bertz CT molecular complexity index is 609. The van der Waals surface area contributed by atoms with Gasteiger partial charge in [0.1, 0.15) is 0 Å². The van der Waals surface area contributed by atoms with E-state index in [9.17, 15) is 18.0 Å². The summed E-state index contributed by atoms with van der Waals surface area (Å²) in [5, 5.41) is 13.7. The molecule has 106 valence electrons. The van der Waals surface area contributed by atoms with Gasteiger partial charge >= 0.3 is 12.1 Å². The number of alkyl halides is 3. The summed E-state index contributed by atoms with van der Waals surface area (Å²) < 4.78 is 38.0. The first-order valence-corrected chi connectivity index (χ1v) is 6.46. The minimum atomic E-state index is -4.68. The van der Waals surface area contributed by atoms with Gasteiger partial charge in [-0.05, 0) is 29.6 Å². The van der Waals surface area contributed by atoms with Crippen LogP contribution in [0.1, 0.15) is 20.8 Å². The van der Waals surface area contributed by atoms with Crippen molar-refractivity contribution in [3.05, 3.63) is 51.7 Å². The van der Waals surface area contributed by atoms with Gasteiger partial charge in [-0.3, -0.25) is 0 Å². The molecule has 7 heteroatoms. The molecule has 2 N–H and O–H groups in total. The second-order valence-electron chi connectivity index (χ2n) is 4.00. The Labute approximate surface area is 116 Å². The maximum atomic E-state index is 12.7. The Balaban J connectivity index is 2.24. The minimum Gasteiger partial charge on any atom is -0.478 e. The summed E-state index contributed by atoms with van der Waals surface area (Å²) in [7, 11) is 0. The standard InChI is InChI=1S/C13H10F3NO2S/c14-13(15,16)11-4-3-8(6-10(11)12(18)19)17-7-9-2-1-5-20-9/h1-6,17H,7H2,(H,18,19). The number of hydrogen-bond acceptors (Lipinski definition) is 3. The highest BCUT2D eigenvalue weighted by atomic mass is 32.1. The lowest BCUT2D eigenvalue weighted by Gasteiger charge is -2.12. The number of rotatable bonds is 4. The van der Waals surface area contributed by atoms with Crippen LogP contribution in [-0.2, 0) is 12.7 Å². The molecule has 0 radical (unpaired) electrons. The molecule has 0 spiro atoms. The highest BCUT2D eigenvalue weighted by Gasteiger charge is 2.35. The zero-order valence-corrected chi connectivity index (χ0v) is 10.9. The zero-order chi connectivity index (χ0) is 14.8. The first-order chi connectivity index (χ1) is 9.38. The average Bonchev–Trinajstić information content (AvgIpc) is 2.88.